The number of ether oxygens (including phenoxy) is 2. The van der Waals surface area contributed by atoms with Crippen LogP contribution in [0.15, 0.2) is 18.2 Å². The average Bonchev–Trinajstić information content (AvgIpc) is 2.47. The molecule has 0 aliphatic carbocycles. The van der Waals surface area contributed by atoms with E-state index in [1.54, 1.807) is 7.05 Å². The summed E-state index contributed by atoms with van der Waals surface area (Å²) in [4.78, 5) is 11.8. The normalized spacial score (nSPS) is 13.9. The summed E-state index contributed by atoms with van der Waals surface area (Å²) in [6.45, 7) is 8.61. The predicted molar refractivity (Wildman–Crippen MR) is 84.9 cm³/mol. The van der Waals surface area contributed by atoms with Crippen LogP contribution in [0, 0.1) is 6.92 Å². The van der Waals surface area contributed by atoms with Crippen molar-refractivity contribution >= 4 is 5.97 Å². The smallest absolute Gasteiger partial charge is 0.325 e. The summed E-state index contributed by atoms with van der Waals surface area (Å²) in [5, 5.41) is 3.01. The highest BCUT2D eigenvalue weighted by Crippen LogP contribution is 2.25. The molecule has 21 heavy (non-hydrogen) atoms. The maximum atomic E-state index is 11.8. The van der Waals surface area contributed by atoms with E-state index < -0.39 is 5.54 Å². The molecule has 0 amide bonds. The Bertz CT molecular complexity index is 485. The first kappa shape index (κ1) is 17.5. The minimum Gasteiger partial charge on any atom is -0.493 e. The zero-order chi connectivity index (χ0) is 16.0. The van der Waals surface area contributed by atoms with Gasteiger partial charge < -0.3 is 14.8 Å². The lowest BCUT2D eigenvalue weighted by Crippen LogP contribution is -2.49. The zero-order valence-corrected chi connectivity index (χ0v) is 13.9. The molecule has 0 saturated heterocycles. The van der Waals surface area contributed by atoms with Gasteiger partial charge in [0.1, 0.15) is 11.3 Å². The lowest BCUT2D eigenvalue weighted by molar-refractivity contribution is -0.148. The van der Waals surface area contributed by atoms with Gasteiger partial charge in [0, 0.05) is 6.42 Å². The summed E-state index contributed by atoms with van der Waals surface area (Å²) in [6.07, 6.45) is 0.543. The standard InChI is InChI=1S/C17H27NO3/c1-12(2)14-8-7-13(3)15(11-14)21-10-9-17(4,18-5)16(19)20-6/h7-8,11-12,18H,9-10H2,1-6H3. The maximum absolute atomic E-state index is 11.8. The third-order valence-electron chi connectivity index (χ3n) is 3.93. The van der Waals surface area contributed by atoms with Crippen molar-refractivity contribution in [2.75, 3.05) is 20.8 Å². The average molecular weight is 293 g/mol. The highest BCUT2D eigenvalue weighted by Gasteiger charge is 2.32. The van der Waals surface area contributed by atoms with E-state index in [9.17, 15) is 4.79 Å². The minimum atomic E-state index is -0.724. The van der Waals surface area contributed by atoms with Crippen LogP contribution < -0.4 is 10.1 Å². The Hall–Kier alpha value is -1.55. The summed E-state index contributed by atoms with van der Waals surface area (Å²) in [7, 11) is 3.15. The molecule has 1 aromatic rings. The van der Waals surface area contributed by atoms with Gasteiger partial charge in [-0.1, -0.05) is 26.0 Å². The van der Waals surface area contributed by atoms with Gasteiger partial charge in [-0.3, -0.25) is 4.79 Å². The van der Waals surface area contributed by atoms with Gasteiger partial charge in [-0.15, -0.1) is 0 Å². The molecule has 1 unspecified atom stereocenters. The number of hydrogen-bond donors (Lipinski definition) is 1. The maximum Gasteiger partial charge on any atom is 0.325 e. The molecule has 0 spiro atoms. The minimum absolute atomic E-state index is 0.277. The van der Waals surface area contributed by atoms with E-state index in [0.29, 0.717) is 18.9 Å². The van der Waals surface area contributed by atoms with Gasteiger partial charge in [0.2, 0.25) is 0 Å². The molecule has 0 bridgehead atoms. The SMILES string of the molecule is CNC(C)(CCOc1cc(C(C)C)ccc1C)C(=O)OC. The van der Waals surface area contributed by atoms with E-state index in [0.717, 1.165) is 11.3 Å². The van der Waals surface area contributed by atoms with Crippen LogP contribution in [0.3, 0.4) is 0 Å². The molecule has 1 atom stereocenters. The quantitative estimate of drug-likeness (QED) is 0.785. The van der Waals surface area contributed by atoms with Crippen LogP contribution in [-0.4, -0.2) is 32.3 Å². The number of benzene rings is 1. The molecular weight excluding hydrogens is 266 g/mol. The molecule has 118 valence electrons. The van der Waals surface area contributed by atoms with Crippen molar-refractivity contribution in [1.29, 1.82) is 0 Å². The van der Waals surface area contributed by atoms with E-state index >= 15 is 0 Å². The van der Waals surface area contributed by atoms with Crippen LogP contribution in [0.4, 0.5) is 0 Å². The summed E-state index contributed by atoms with van der Waals surface area (Å²) in [5.74, 6) is 1.07. The first-order valence-corrected chi connectivity index (χ1v) is 7.34. The first-order valence-electron chi connectivity index (χ1n) is 7.34. The predicted octanol–water partition coefficient (Wildman–Crippen LogP) is 3.04. The lowest BCUT2D eigenvalue weighted by Gasteiger charge is -2.26. The van der Waals surface area contributed by atoms with Crippen molar-refractivity contribution in [2.24, 2.45) is 0 Å². The number of carbonyl (C=O) groups is 1. The molecule has 0 aromatic heterocycles. The second-order valence-electron chi connectivity index (χ2n) is 5.85. The molecule has 0 fully saturated rings. The number of carbonyl (C=O) groups excluding carboxylic acids is 1. The molecule has 0 radical (unpaired) electrons. The van der Waals surface area contributed by atoms with Crippen LogP contribution in [0.1, 0.15) is 44.2 Å². The van der Waals surface area contributed by atoms with Crippen LogP contribution in [-0.2, 0) is 9.53 Å². The highest BCUT2D eigenvalue weighted by atomic mass is 16.5. The molecule has 4 nitrogen and oxygen atoms in total. The number of aryl methyl sites for hydroxylation is 1. The van der Waals surface area contributed by atoms with E-state index in [4.69, 9.17) is 9.47 Å². The first-order chi connectivity index (χ1) is 9.84. The van der Waals surface area contributed by atoms with Crippen LogP contribution in [0.2, 0.25) is 0 Å². The van der Waals surface area contributed by atoms with Crippen molar-refractivity contribution in [3.63, 3.8) is 0 Å². The Kier molecular flexibility index (Phi) is 6.21. The summed E-state index contributed by atoms with van der Waals surface area (Å²) >= 11 is 0. The highest BCUT2D eigenvalue weighted by molar-refractivity contribution is 5.80. The lowest BCUT2D eigenvalue weighted by atomic mass is 9.99. The van der Waals surface area contributed by atoms with Gasteiger partial charge in [-0.2, -0.15) is 0 Å². The zero-order valence-electron chi connectivity index (χ0n) is 13.9. The van der Waals surface area contributed by atoms with Gasteiger partial charge in [-0.25, -0.2) is 0 Å². The van der Waals surface area contributed by atoms with Gasteiger partial charge in [0.05, 0.1) is 13.7 Å². The van der Waals surface area contributed by atoms with Crippen molar-refractivity contribution < 1.29 is 14.3 Å². The molecule has 1 aromatic carbocycles. The Morgan fingerprint density at radius 1 is 1.38 bits per heavy atom. The fourth-order valence-corrected chi connectivity index (χ4v) is 2.05. The van der Waals surface area contributed by atoms with Gasteiger partial charge >= 0.3 is 5.97 Å². The molecule has 1 N–H and O–H groups in total. The fraction of sp³-hybridized carbons (Fsp3) is 0.588. The Labute approximate surface area is 127 Å². The van der Waals surface area contributed by atoms with Gasteiger partial charge in [0.25, 0.3) is 0 Å². The van der Waals surface area contributed by atoms with Crippen LogP contribution in [0.5, 0.6) is 5.75 Å². The topological polar surface area (TPSA) is 47.6 Å². The van der Waals surface area contributed by atoms with E-state index in [2.05, 4.69) is 37.4 Å². The van der Waals surface area contributed by atoms with E-state index in [-0.39, 0.29) is 5.97 Å². The number of nitrogens with one attached hydrogen (secondary N) is 1. The Balaban J connectivity index is 2.71. The van der Waals surface area contributed by atoms with E-state index in [1.807, 2.05) is 13.8 Å². The van der Waals surface area contributed by atoms with Gasteiger partial charge in [-0.05, 0) is 44.0 Å². The Morgan fingerprint density at radius 3 is 2.57 bits per heavy atom. The number of esters is 1. The van der Waals surface area contributed by atoms with Gasteiger partial charge in [0.15, 0.2) is 0 Å². The molecule has 4 heteroatoms. The third kappa shape index (κ3) is 4.46. The van der Waals surface area contributed by atoms with E-state index in [1.165, 1.54) is 12.7 Å². The van der Waals surface area contributed by atoms with Crippen molar-refractivity contribution in [3.8, 4) is 5.75 Å². The monoisotopic (exact) mass is 293 g/mol. The fourth-order valence-electron chi connectivity index (χ4n) is 2.05. The third-order valence-corrected chi connectivity index (χ3v) is 3.93. The summed E-state index contributed by atoms with van der Waals surface area (Å²) in [6, 6.07) is 6.27. The molecule has 0 aliphatic rings. The van der Waals surface area contributed by atoms with Crippen molar-refractivity contribution in [3.05, 3.63) is 29.3 Å². The Morgan fingerprint density at radius 2 is 2.05 bits per heavy atom. The number of hydrogen-bond acceptors (Lipinski definition) is 4. The number of rotatable bonds is 7. The number of methoxy groups -OCH3 is 1. The molecule has 0 heterocycles. The molecular formula is C17H27NO3. The molecule has 0 aliphatic heterocycles. The summed E-state index contributed by atoms with van der Waals surface area (Å²) in [5.41, 5.74) is 1.63. The molecule has 0 saturated carbocycles. The van der Waals surface area contributed by atoms with Crippen molar-refractivity contribution in [2.45, 2.75) is 45.6 Å². The number of likely N-dealkylation sites (N-methyl/N-ethyl adjacent to an activating group) is 1. The second kappa shape index (κ2) is 7.46. The van der Waals surface area contributed by atoms with Crippen LogP contribution >= 0.6 is 0 Å². The van der Waals surface area contributed by atoms with Crippen LogP contribution in [0.25, 0.3) is 0 Å². The largest absolute Gasteiger partial charge is 0.493 e. The molecule has 1 rings (SSSR count). The summed E-state index contributed by atoms with van der Waals surface area (Å²) < 4.78 is 10.7. The van der Waals surface area contributed by atoms with Crippen molar-refractivity contribution in [1.82, 2.24) is 5.32 Å². The second-order valence-corrected chi connectivity index (χ2v) is 5.85.